The minimum atomic E-state index is -3.67. The van der Waals surface area contributed by atoms with E-state index >= 15 is 0 Å². The second-order valence-electron chi connectivity index (χ2n) is 16.1. The fourth-order valence-corrected chi connectivity index (χ4v) is 10.0. The Hall–Kier alpha value is -5.57. The molecule has 2 aromatic heterocycles. The predicted molar refractivity (Wildman–Crippen MR) is 214 cm³/mol. The SMILES string of the molecule is Cc1cnc(C(=O)NC(=O)C[C@H]2CCCCC/C=C\[C@@H]3C[C@@]3(C(=O)CS(=O)(=O)C3CC3)NC(=O)[C@@H]3C[C@@H](Oc4nc5ccccc5c5ccccc45)CN3C2=O)cn1. The molecule has 58 heavy (non-hydrogen) atoms. The molecule has 4 heterocycles. The van der Waals surface area contributed by atoms with Crippen LogP contribution in [0.3, 0.4) is 0 Å². The number of hydrogen-bond donors (Lipinski definition) is 2. The number of rotatable bonds is 9. The lowest BCUT2D eigenvalue weighted by Crippen LogP contribution is -2.54. The zero-order valence-electron chi connectivity index (χ0n) is 32.3. The lowest BCUT2D eigenvalue weighted by Gasteiger charge is -2.29. The number of carbonyl (C=O) groups excluding carboxylic acids is 5. The lowest BCUT2D eigenvalue weighted by molar-refractivity contribution is -0.144. The van der Waals surface area contributed by atoms with Crippen molar-refractivity contribution in [3.63, 3.8) is 0 Å². The molecule has 0 spiro atoms. The van der Waals surface area contributed by atoms with Gasteiger partial charge in [0.05, 0.1) is 29.2 Å². The van der Waals surface area contributed by atoms with Crippen molar-refractivity contribution >= 4 is 60.9 Å². The van der Waals surface area contributed by atoms with Gasteiger partial charge < -0.3 is 15.0 Å². The number of sulfone groups is 1. The van der Waals surface area contributed by atoms with Gasteiger partial charge in [0, 0.05) is 41.6 Å². The number of para-hydroxylation sites is 1. The number of allylic oxidation sites excluding steroid dienone is 1. The van der Waals surface area contributed by atoms with Gasteiger partial charge in [-0.3, -0.25) is 34.3 Å². The van der Waals surface area contributed by atoms with Crippen LogP contribution in [0, 0.1) is 18.8 Å². The van der Waals surface area contributed by atoms with E-state index in [2.05, 4.69) is 20.6 Å². The van der Waals surface area contributed by atoms with Crippen LogP contribution in [0.25, 0.3) is 21.7 Å². The maximum absolute atomic E-state index is 14.7. The van der Waals surface area contributed by atoms with E-state index in [1.54, 1.807) is 6.92 Å². The van der Waals surface area contributed by atoms with E-state index in [-0.39, 0.29) is 37.4 Å². The van der Waals surface area contributed by atoms with Gasteiger partial charge in [0.1, 0.15) is 29.1 Å². The van der Waals surface area contributed by atoms with Crippen LogP contribution in [-0.2, 0) is 29.0 Å². The van der Waals surface area contributed by atoms with Gasteiger partial charge in [-0.25, -0.2) is 18.4 Å². The van der Waals surface area contributed by atoms with Gasteiger partial charge in [0.2, 0.25) is 23.6 Å². The number of nitrogens with one attached hydrogen (secondary N) is 2. The van der Waals surface area contributed by atoms with E-state index in [0.29, 0.717) is 49.2 Å². The van der Waals surface area contributed by atoms with E-state index in [9.17, 15) is 32.4 Å². The molecule has 1 saturated heterocycles. The number of Topliss-reactive ketones (excluding diaryl/α,β-unsaturated/α-hetero) is 1. The Bertz CT molecular complexity index is 2430. The minimum absolute atomic E-state index is 0.0178. The number of ether oxygens (including phenoxy) is 1. The first-order valence-electron chi connectivity index (χ1n) is 20.0. The summed E-state index contributed by atoms with van der Waals surface area (Å²) in [6.07, 6.45) is 10.0. The van der Waals surface area contributed by atoms with Crippen molar-refractivity contribution in [1.29, 1.82) is 0 Å². The molecule has 2 saturated carbocycles. The Balaban J connectivity index is 1.10. The third kappa shape index (κ3) is 8.22. The first kappa shape index (κ1) is 39.3. The molecule has 0 radical (unpaired) electrons. The number of hydrogen-bond acceptors (Lipinski definition) is 11. The number of carbonyl (C=O) groups is 5. The van der Waals surface area contributed by atoms with Crippen LogP contribution in [0.4, 0.5) is 0 Å². The molecule has 15 heteroatoms. The van der Waals surface area contributed by atoms with E-state index < -0.39 is 73.9 Å². The number of pyridine rings is 1. The summed E-state index contributed by atoms with van der Waals surface area (Å²) in [6, 6.07) is 14.3. The Kier molecular flexibility index (Phi) is 10.8. The van der Waals surface area contributed by atoms with Crippen molar-refractivity contribution in [1.82, 2.24) is 30.5 Å². The fourth-order valence-electron chi connectivity index (χ4n) is 8.32. The summed E-state index contributed by atoms with van der Waals surface area (Å²) in [6.45, 7) is 1.70. The third-order valence-electron chi connectivity index (χ3n) is 11.8. The topological polar surface area (TPSA) is 195 Å². The number of aryl methyl sites for hydroxylation is 1. The molecule has 3 fully saturated rings. The second kappa shape index (κ2) is 16.0. The quantitative estimate of drug-likeness (QED) is 0.181. The smallest absolute Gasteiger partial charge is 0.278 e. The Morgan fingerprint density at radius 3 is 2.47 bits per heavy atom. The normalized spacial score (nSPS) is 25.8. The number of amides is 4. The summed E-state index contributed by atoms with van der Waals surface area (Å²) in [4.78, 5) is 83.8. The monoisotopic (exact) mass is 806 g/mol. The number of ketones is 1. The third-order valence-corrected chi connectivity index (χ3v) is 13.9. The lowest BCUT2D eigenvalue weighted by atomic mass is 9.95. The van der Waals surface area contributed by atoms with E-state index in [1.165, 1.54) is 17.3 Å². The van der Waals surface area contributed by atoms with Gasteiger partial charge in [0.15, 0.2) is 15.6 Å². The van der Waals surface area contributed by atoms with Crippen molar-refractivity contribution in [3.05, 3.63) is 84.5 Å². The van der Waals surface area contributed by atoms with Crippen molar-refractivity contribution in [2.45, 2.75) is 94.1 Å². The largest absolute Gasteiger partial charge is 0.472 e. The zero-order valence-corrected chi connectivity index (χ0v) is 33.1. The van der Waals surface area contributed by atoms with Crippen LogP contribution < -0.4 is 15.4 Å². The first-order chi connectivity index (χ1) is 27.9. The molecule has 2 aromatic carbocycles. The standard InChI is InChI=1S/C43H46N6O8S/c1-26-22-45-35(23-44-26)39(52)47-38(51)19-27-11-5-3-2-4-6-12-28-21-43(28,37(50)25-58(55,56)30-17-18-30)48-40(53)36-20-29(24-49(36)42(27)54)57-41-33-15-8-7-13-31(33)32-14-9-10-16-34(32)46-41/h6-10,12-16,22-23,27-30,36H,2-5,11,17-21,24-25H2,1H3,(H,48,53)(H,47,51,52)/b12-6-/t27-,28-,29-,36+,43-/m1/s1. The molecule has 14 nitrogen and oxygen atoms in total. The number of benzene rings is 2. The van der Waals surface area contributed by atoms with Gasteiger partial charge in [-0.1, -0.05) is 61.4 Å². The van der Waals surface area contributed by atoms with Crippen LogP contribution in [-0.4, -0.2) is 92.9 Å². The van der Waals surface area contributed by atoms with Crippen LogP contribution in [0.5, 0.6) is 5.88 Å². The summed E-state index contributed by atoms with van der Waals surface area (Å²) in [5.41, 5.74) is -0.146. The highest BCUT2D eigenvalue weighted by Crippen LogP contribution is 2.47. The van der Waals surface area contributed by atoms with Crippen LogP contribution in [0.1, 0.15) is 80.4 Å². The van der Waals surface area contributed by atoms with Gasteiger partial charge in [-0.05, 0) is 63.0 Å². The van der Waals surface area contributed by atoms with Gasteiger partial charge in [0.25, 0.3) is 5.91 Å². The summed E-state index contributed by atoms with van der Waals surface area (Å²) >= 11 is 0. The van der Waals surface area contributed by atoms with E-state index in [4.69, 9.17) is 9.72 Å². The molecule has 4 amide bonds. The summed E-state index contributed by atoms with van der Waals surface area (Å²) in [5.74, 6) is -4.63. The van der Waals surface area contributed by atoms with Crippen molar-refractivity contribution in [2.24, 2.45) is 11.8 Å². The van der Waals surface area contributed by atoms with Crippen LogP contribution in [0.2, 0.25) is 0 Å². The maximum atomic E-state index is 14.7. The molecule has 2 N–H and O–H groups in total. The minimum Gasteiger partial charge on any atom is -0.472 e. The Morgan fingerprint density at radius 1 is 0.948 bits per heavy atom. The summed E-state index contributed by atoms with van der Waals surface area (Å²) in [7, 11) is -3.67. The fraction of sp³-hybridized carbons (Fsp3) is 0.442. The number of imide groups is 1. The molecule has 0 unspecified atom stereocenters. The molecule has 2 aliphatic carbocycles. The highest BCUT2D eigenvalue weighted by Gasteiger charge is 2.61. The number of aromatic nitrogens is 3. The molecular weight excluding hydrogens is 761 g/mol. The molecule has 4 aromatic rings. The predicted octanol–water partition coefficient (Wildman–Crippen LogP) is 4.34. The zero-order chi connectivity index (χ0) is 40.6. The molecule has 4 aliphatic rings. The van der Waals surface area contributed by atoms with E-state index in [1.807, 2.05) is 60.7 Å². The van der Waals surface area contributed by atoms with Crippen molar-refractivity contribution in [2.75, 3.05) is 12.3 Å². The van der Waals surface area contributed by atoms with Crippen LogP contribution >= 0.6 is 0 Å². The molecule has 2 aliphatic heterocycles. The Morgan fingerprint density at radius 2 is 1.71 bits per heavy atom. The van der Waals surface area contributed by atoms with Crippen LogP contribution in [0.15, 0.2) is 73.1 Å². The highest BCUT2D eigenvalue weighted by molar-refractivity contribution is 7.93. The average molecular weight is 807 g/mol. The van der Waals surface area contributed by atoms with Gasteiger partial charge >= 0.3 is 0 Å². The second-order valence-corrected chi connectivity index (χ2v) is 18.3. The molecule has 302 valence electrons. The van der Waals surface area contributed by atoms with Crippen molar-refractivity contribution in [3.8, 4) is 5.88 Å². The molecular formula is C43H46N6O8S. The molecule has 0 bridgehead atoms. The number of fused-ring (bicyclic) bond motifs is 5. The summed E-state index contributed by atoms with van der Waals surface area (Å²) < 4.78 is 32.6. The average Bonchev–Trinajstić information content (AvgIpc) is 4.14. The summed E-state index contributed by atoms with van der Waals surface area (Å²) in [5, 5.41) is 7.38. The first-order valence-corrected chi connectivity index (χ1v) is 21.7. The molecule has 8 rings (SSSR count). The van der Waals surface area contributed by atoms with Gasteiger partial charge in [-0.2, -0.15) is 0 Å². The maximum Gasteiger partial charge on any atom is 0.278 e. The highest BCUT2D eigenvalue weighted by atomic mass is 32.2. The van der Waals surface area contributed by atoms with Crippen molar-refractivity contribution < 1.29 is 37.1 Å². The Labute approximate surface area is 336 Å². The molecule has 5 atom stereocenters. The number of nitrogens with zero attached hydrogens (tertiary/aromatic N) is 4. The van der Waals surface area contributed by atoms with Gasteiger partial charge in [-0.15, -0.1) is 0 Å². The van der Waals surface area contributed by atoms with E-state index in [0.717, 1.165) is 29.0 Å².